The largest absolute Gasteiger partial charge is 0.468 e. The van der Waals surface area contributed by atoms with Crippen molar-refractivity contribution in [1.82, 2.24) is 5.32 Å². The number of ether oxygens (including phenoxy) is 2. The van der Waals surface area contributed by atoms with Crippen molar-refractivity contribution in [2.75, 3.05) is 26.9 Å². The summed E-state index contributed by atoms with van der Waals surface area (Å²) in [5.41, 5.74) is 0. The van der Waals surface area contributed by atoms with Crippen LogP contribution in [-0.4, -0.2) is 38.9 Å². The highest BCUT2D eigenvalue weighted by Gasteiger charge is 2.20. The molecule has 1 heterocycles. The van der Waals surface area contributed by atoms with Gasteiger partial charge in [0, 0.05) is 6.54 Å². The molecule has 1 aliphatic rings. The van der Waals surface area contributed by atoms with Crippen molar-refractivity contribution in [3.05, 3.63) is 0 Å². The first kappa shape index (κ1) is 10.9. The van der Waals surface area contributed by atoms with E-state index in [1.54, 1.807) is 0 Å². The molecule has 1 N–H and O–H groups in total. The number of halogens is 1. The van der Waals surface area contributed by atoms with E-state index in [0.717, 1.165) is 6.54 Å². The first-order valence-electron chi connectivity index (χ1n) is 3.23. The van der Waals surface area contributed by atoms with Crippen LogP contribution in [0.3, 0.4) is 0 Å². The third kappa shape index (κ3) is 3.18. The highest BCUT2D eigenvalue weighted by molar-refractivity contribution is 8.93. The Morgan fingerprint density at radius 1 is 1.73 bits per heavy atom. The van der Waals surface area contributed by atoms with E-state index in [1.165, 1.54) is 7.11 Å². The summed E-state index contributed by atoms with van der Waals surface area (Å²) in [7, 11) is 1.37. The lowest BCUT2D eigenvalue weighted by molar-refractivity contribution is -0.146. The second kappa shape index (κ2) is 5.51. The van der Waals surface area contributed by atoms with Crippen LogP contribution < -0.4 is 5.32 Å². The molecular formula is C6H12BrNO3. The molecule has 66 valence electrons. The van der Waals surface area contributed by atoms with Crippen LogP contribution in [0.2, 0.25) is 0 Å². The van der Waals surface area contributed by atoms with Gasteiger partial charge in [0.2, 0.25) is 0 Å². The Hall–Kier alpha value is -0.130. The predicted octanol–water partition coefficient (Wildman–Crippen LogP) is -0.274. The summed E-state index contributed by atoms with van der Waals surface area (Å²) in [5, 5.41) is 2.97. The average molecular weight is 226 g/mol. The predicted molar refractivity (Wildman–Crippen MR) is 44.9 cm³/mol. The summed E-state index contributed by atoms with van der Waals surface area (Å²) in [6, 6.07) is -0.265. The van der Waals surface area contributed by atoms with Gasteiger partial charge in [0.25, 0.3) is 0 Å². The SMILES string of the molecule is Br.COC(=O)C1COCCN1. The Morgan fingerprint density at radius 2 is 2.45 bits per heavy atom. The summed E-state index contributed by atoms with van der Waals surface area (Å²) in [5.74, 6) is -0.250. The van der Waals surface area contributed by atoms with Gasteiger partial charge in [0.05, 0.1) is 20.3 Å². The molecule has 5 heteroatoms. The van der Waals surface area contributed by atoms with Gasteiger partial charge in [-0.15, -0.1) is 17.0 Å². The van der Waals surface area contributed by atoms with Gasteiger partial charge in [-0.25, -0.2) is 0 Å². The van der Waals surface area contributed by atoms with E-state index < -0.39 is 0 Å². The van der Waals surface area contributed by atoms with Gasteiger partial charge in [-0.3, -0.25) is 4.79 Å². The van der Waals surface area contributed by atoms with E-state index in [0.29, 0.717) is 13.2 Å². The molecule has 1 fully saturated rings. The molecule has 0 bridgehead atoms. The van der Waals surface area contributed by atoms with E-state index >= 15 is 0 Å². The number of carbonyl (C=O) groups is 1. The van der Waals surface area contributed by atoms with Crippen molar-refractivity contribution in [3.63, 3.8) is 0 Å². The monoisotopic (exact) mass is 225 g/mol. The van der Waals surface area contributed by atoms with E-state index in [9.17, 15) is 4.79 Å². The summed E-state index contributed by atoms with van der Waals surface area (Å²) in [6.45, 7) is 1.82. The number of esters is 1. The number of morpholine rings is 1. The molecule has 1 unspecified atom stereocenters. The molecule has 0 aromatic carbocycles. The maximum Gasteiger partial charge on any atom is 0.325 e. The van der Waals surface area contributed by atoms with Gasteiger partial charge in [-0.05, 0) is 0 Å². The Morgan fingerprint density at radius 3 is 2.91 bits per heavy atom. The van der Waals surface area contributed by atoms with E-state index in [1.807, 2.05) is 0 Å². The van der Waals surface area contributed by atoms with Crippen LogP contribution in [0.4, 0.5) is 0 Å². The van der Waals surface area contributed by atoms with Crippen molar-refractivity contribution < 1.29 is 14.3 Å². The number of hydrogen-bond donors (Lipinski definition) is 1. The Kier molecular flexibility index (Phi) is 5.45. The first-order chi connectivity index (χ1) is 4.84. The molecule has 1 rings (SSSR count). The Balaban J connectivity index is 0.000001000. The highest BCUT2D eigenvalue weighted by Crippen LogP contribution is 1.94. The van der Waals surface area contributed by atoms with Crippen molar-refractivity contribution in [3.8, 4) is 0 Å². The second-order valence-electron chi connectivity index (χ2n) is 2.10. The summed E-state index contributed by atoms with van der Waals surface area (Å²) in [4.78, 5) is 10.8. The molecule has 0 saturated carbocycles. The fraction of sp³-hybridized carbons (Fsp3) is 0.833. The van der Waals surface area contributed by atoms with Crippen molar-refractivity contribution in [1.29, 1.82) is 0 Å². The van der Waals surface area contributed by atoms with E-state index in [2.05, 4.69) is 10.1 Å². The van der Waals surface area contributed by atoms with Crippen molar-refractivity contribution in [2.24, 2.45) is 0 Å². The minimum Gasteiger partial charge on any atom is -0.468 e. The minimum atomic E-state index is -0.265. The molecule has 11 heavy (non-hydrogen) atoms. The quantitative estimate of drug-likeness (QED) is 0.625. The van der Waals surface area contributed by atoms with E-state index in [-0.39, 0.29) is 29.0 Å². The van der Waals surface area contributed by atoms with Crippen LogP contribution in [0.1, 0.15) is 0 Å². The van der Waals surface area contributed by atoms with Gasteiger partial charge in [0.15, 0.2) is 0 Å². The zero-order valence-electron chi connectivity index (χ0n) is 6.33. The third-order valence-electron chi connectivity index (χ3n) is 1.41. The molecule has 0 radical (unpaired) electrons. The lowest BCUT2D eigenvalue weighted by atomic mass is 10.3. The van der Waals surface area contributed by atoms with Crippen molar-refractivity contribution in [2.45, 2.75) is 6.04 Å². The van der Waals surface area contributed by atoms with Gasteiger partial charge in [-0.2, -0.15) is 0 Å². The standard InChI is InChI=1S/C6H11NO3.BrH/c1-9-6(8)5-4-10-3-2-7-5;/h5,7H,2-4H2,1H3;1H. The highest BCUT2D eigenvalue weighted by atomic mass is 79.9. The number of nitrogens with one attached hydrogen (secondary N) is 1. The third-order valence-corrected chi connectivity index (χ3v) is 1.41. The number of methoxy groups -OCH3 is 1. The zero-order valence-corrected chi connectivity index (χ0v) is 8.04. The maximum absolute atomic E-state index is 10.8. The molecule has 0 spiro atoms. The number of carbonyl (C=O) groups excluding carboxylic acids is 1. The first-order valence-corrected chi connectivity index (χ1v) is 3.23. The second-order valence-corrected chi connectivity index (χ2v) is 2.10. The lowest BCUT2D eigenvalue weighted by Crippen LogP contribution is -2.46. The van der Waals surface area contributed by atoms with Crippen LogP contribution in [0.5, 0.6) is 0 Å². The molecule has 1 atom stereocenters. The van der Waals surface area contributed by atoms with Gasteiger partial charge >= 0.3 is 5.97 Å². The molecule has 1 aliphatic heterocycles. The molecule has 0 aliphatic carbocycles. The smallest absolute Gasteiger partial charge is 0.325 e. The molecular weight excluding hydrogens is 214 g/mol. The number of rotatable bonds is 1. The average Bonchev–Trinajstić information content (AvgIpc) is 2.05. The van der Waals surface area contributed by atoms with E-state index in [4.69, 9.17) is 4.74 Å². The van der Waals surface area contributed by atoms with Gasteiger partial charge in [-0.1, -0.05) is 0 Å². The molecule has 0 aromatic heterocycles. The van der Waals surface area contributed by atoms with Gasteiger partial charge < -0.3 is 14.8 Å². The molecule has 1 saturated heterocycles. The summed E-state index contributed by atoms with van der Waals surface area (Å²) < 4.78 is 9.55. The molecule has 0 aromatic rings. The maximum atomic E-state index is 10.8. The van der Waals surface area contributed by atoms with Crippen LogP contribution in [0.15, 0.2) is 0 Å². The van der Waals surface area contributed by atoms with Crippen LogP contribution >= 0.6 is 17.0 Å². The zero-order chi connectivity index (χ0) is 7.40. The molecule has 4 nitrogen and oxygen atoms in total. The normalized spacial score (nSPS) is 23.5. The van der Waals surface area contributed by atoms with Gasteiger partial charge in [0.1, 0.15) is 6.04 Å². The Bertz CT molecular complexity index is 125. The fourth-order valence-corrected chi connectivity index (χ4v) is 0.859. The summed E-state index contributed by atoms with van der Waals surface area (Å²) >= 11 is 0. The fourth-order valence-electron chi connectivity index (χ4n) is 0.859. The lowest BCUT2D eigenvalue weighted by Gasteiger charge is -2.20. The van der Waals surface area contributed by atoms with Crippen LogP contribution in [0, 0.1) is 0 Å². The topological polar surface area (TPSA) is 47.6 Å². The van der Waals surface area contributed by atoms with Crippen LogP contribution in [-0.2, 0) is 14.3 Å². The molecule has 0 amide bonds. The Labute approximate surface area is 76.0 Å². The van der Waals surface area contributed by atoms with Crippen molar-refractivity contribution >= 4 is 23.0 Å². The van der Waals surface area contributed by atoms with Crippen LogP contribution in [0.25, 0.3) is 0 Å². The number of hydrogen-bond acceptors (Lipinski definition) is 4. The summed E-state index contributed by atoms with van der Waals surface area (Å²) in [6.07, 6.45) is 0. The minimum absolute atomic E-state index is 0.